The van der Waals surface area contributed by atoms with Crippen LogP contribution >= 0.6 is 0 Å². The number of nitrogens with zero attached hydrogens (tertiary/aromatic N) is 4. The van der Waals surface area contributed by atoms with Gasteiger partial charge in [-0.1, -0.05) is 49.4 Å². The van der Waals surface area contributed by atoms with E-state index in [1.54, 1.807) is 10.9 Å². The number of hydrogen-bond acceptors (Lipinski definition) is 5. The Morgan fingerprint density at radius 3 is 2.65 bits per heavy atom. The first-order valence-corrected chi connectivity index (χ1v) is 10.3. The Hall–Kier alpha value is -3.74. The van der Waals surface area contributed by atoms with Crippen molar-refractivity contribution < 1.29 is 9.53 Å². The molecular weight excluding hydrogens is 390 g/mol. The van der Waals surface area contributed by atoms with Gasteiger partial charge in [0.05, 0.1) is 23.4 Å². The van der Waals surface area contributed by atoms with Crippen LogP contribution in [-0.4, -0.2) is 39.0 Å². The molecule has 7 nitrogen and oxygen atoms in total. The maximum atomic E-state index is 12.6. The van der Waals surface area contributed by atoms with Crippen LogP contribution in [0.5, 0.6) is 5.75 Å². The third kappa shape index (κ3) is 4.40. The van der Waals surface area contributed by atoms with Gasteiger partial charge in [-0.25, -0.2) is 4.68 Å². The van der Waals surface area contributed by atoms with Gasteiger partial charge in [0.2, 0.25) is 0 Å². The van der Waals surface area contributed by atoms with Crippen molar-refractivity contribution in [3.63, 3.8) is 0 Å². The van der Waals surface area contributed by atoms with Crippen LogP contribution in [-0.2, 0) is 0 Å². The van der Waals surface area contributed by atoms with Crippen LogP contribution in [0, 0.1) is 6.92 Å². The number of aromatic nitrogens is 4. The molecule has 2 heterocycles. The molecule has 0 atom stereocenters. The van der Waals surface area contributed by atoms with Crippen molar-refractivity contribution in [3.8, 4) is 11.4 Å². The van der Waals surface area contributed by atoms with Gasteiger partial charge in [0.25, 0.3) is 5.91 Å². The van der Waals surface area contributed by atoms with Crippen LogP contribution in [0.1, 0.15) is 41.5 Å². The zero-order valence-electron chi connectivity index (χ0n) is 17.9. The van der Waals surface area contributed by atoms with Gasteiger partial charge >= 0.3 is 0 Å². The van der Waals surface area contributed by atoms with E-state index >= 15 is 0 Å². The Morgan fingerprint density at radius 1 is 1.10 bits per heavy atom. The zero-order valence-corrected chi connectivity index (χ0v) is 17.9. The van der Waals surface area contributed by atoms with E-state index in [0.717, 1.165) is 22.3 Å². The average Bonchev–Trinajstić information content (AvgIpc) is 3.17. The lowest BCUT2D eigenvalue weighted by molar-refractivity contribution is 0.0941. The Morgan fingerprint density at radius 2 is 1.87 bits per heavy atom. The highest BCUT2D eigenvalue weighted by atomic mass is 16.5. The quantitative estimate of drug-likeness (QED) is 0.461. The van der Waals surface area contributed by atoms with Crippen molar-refractivity contribution in [2.45, 2.75) is 26.7 Å². The first kappa shape index (κ1) is 20.5. The maximum Gasteiger partial charge on any atom is 0.273 e. The summed E-state index contributed by atoms with van der Waals surface area (Å²) in [4.78, 5) is 17.1. The van der Waals surface area contributed by atoms with Crippen LogP contribution in [0.4, 0.5) is 0 Å². The molecule has 4 aromatic rings. The molecule has 1 amide bonds. The molecule has 0 unspecified atom stereocenters. The van der Waals surface area contributed by atoms with Gasteiger partial charge in [0.15, 0.2) is 5.69 Å². The van der Waals surface area contributed by atoms with E-state index in [-0.39, 0.29) is 11.6 Å². The molecule has 0 fully saturated rings. The van der Waals surface area contributed by atoms with E-state index in [1.165, 1.54) is 5.56 Å². The van der Waals surface area contributed by atoms with E-state index in [9.17, 15) is 4.79 Å². The topological polar surface area (TPSA) is 81.9 Å². The van der Waals surface area contributed by atoms with Crippen LogP contribution < -0.4 is 10.1 Å². The second-order valence-electron chi connectivity index (χ2n) is 7.62. The number of amides is 1. The largest absolute Gasteiger partial charge is 0.492 e. The summed E-state index contributed by atoms with van der Waals surface area (Å²) in [6.45, 7) is 6.87. The molecule has 1 N–H and O–H groups in total. The fraction of sp³-hybridized carbons (Fsp3) is 0.250. The highest BCUT2D eigenvalue weighted by Gasteiger charge is 2.18. The molecule has 0 radical (unpaired) electrons. The molecule has 2 aromatic carbocycles. The number of ether oxygens (including phenoxy) is 1. The SMILES string of the molecule is Cc1c(C(=O)NCCOc2ccc(C(C)C)cc2)nnn1-c1cccc2cccnc12. The number of pyridine rings is 1. The van der Waals surface area contributed by atoms with E-state index in [0.29, 0.717) is 24.8 Å². The Labute approximate surface area is 181 Å². The predicted molar refractivity (Wildman–Crippen MR) is 120 cm³/mol. The first-order chi connectivity index (χ1) is 15.0. The first-order valence-electron chi connectivity index (χ1n) is 10.3. The predicted octanol–water partition coefficient (Wildman–Crippen LogP) is 4.06. The summed E-state index contributed by atoms with van der Waals surface area (Å²) < 4.78 is 7.37. The van der Waals surface area contributed by atoms with E-state index in [2.05, 4.69) is 46.6 Å². The van der Waals surface area contributed by atoms with Gasteiger partial charge in [-0.3, -0.25) is 9.78 Å². The lowest BCUT2D eigenvalue weighted by Crippen LogP contribution is -2.29. The van der Waals surface area contributed by atoms with Crippen molar-refractivity contribution in [1.29, 1.82) is 0 Å². The van der Waals surface area contributed by atoms with Crippen molar-refractivity contribution in [2.75, 3.05) is 13.2 Å². The second-order valence-corrected chi connectivity index (χ2v) is 7.62. The number of hydrogen-bond donors (Lipinski definition) is 1. The van der Waals surface area contributed by atoms with Gasteiger partial charge in [-0.05, 0) is 42.7 Å². The van der Waals surface area contributed by atoms with Gasteiger partial charge in [0, 0.05) is 11.6 Å². The third-order valence-electron chi connectivity index (χ3n) is 5.15. The minimum atomic E-state index is -0.282. The summed E-state index contributed by atoms with van der Waals surface area (Å²) in [5.41, 5.74) is 3.80. The number of carbonyl (C=O) groups is 1. The number of benzene rings is 2. The van der Waals surface area contributed by atoms with Crippen LogP contribution in [0.15, 0.2) is 60.8 Å². The molecule has 0 aliphatic carbocycles. The van der Waals surface area contributed by atoms with E-state index in [1.807, 2.05) is 49.4 Å². The van der Waals surface area contributed by atoms with Gasteiger partial charge < -0.3 is 10.1 Å². The Bertz CT molecular complexity index is 1190. The number of carbonyl (C=O) groups excluding carboxylic acids is 1. The fourth-order valence-electron chi connectivity index (χ4n) is 3.39. The molecule has 31 heavy (non-hydrogen) atoms. The van der Waals surface area contributed by atoms with Gasteiger partial charge in [0.1, 0.15) is 12.4 Å². The summed E-state index contributed by atoms with van der Waals surface area (Å²) in [7, 11) is 0. The fourth-order valence-corrected chi connectivity index (χ4v) is 3.39. The minimum absolute atomic E-state index is 0.282. The van der Waals surface area contributed by atoms with Crippen molar-refractivity contribution >= 4 is 16.8 Å². The summed E-state index contributed by atoms with van der Waals surface area (Å²) in [5, 5.41) is 12.1. The zero-order chi connectivity index (χ0) is 21.8. The lowest BCUT2D eigenvalue weighted by atomic mass is 10.0. The summed E-state index contributed by atoms with van der Waals surface area (Å²) >= 11 is 0. The number of fused-ring (bicyclic) bond motifs is 1. The Balaban J connectivity index is 1.39. The minimum Gasteiger partial charge on any atom is -0.492 e. The van der Waals surface area contributed by atoms with Crippen LogP contribution in [0.25, 0.3) is 16.6 Å². The molecule has 2 aromatic heterocycles. The number of nitrogens with one attached hydrogen (secondary N) is 1. The summed E-state index contributed by atoms with van der Waals surface area (Å²) in [5.74, 6) is 0.981. The molecule has 0 saturated carbocycles. The molecule has 7 heteroatoms. The number of para-hydroxylation sites is 1. The van der Waals surface area contributed by atoms with Crippen molar-refractivity contribution in [2.24, 2.45) is 0 Å². The van der Waals surface area contributed by atoms with Crippen molar-refractivity contribution in [3.05, 3.63) is 77.7 Å². The molecular formula is C24H25N5O2. The summed E-state index contributed by atoms with van der Waals surface area (Å²) in [6, 6.07) is 17.7. The van der Waals surface area contributed by atoms with Crippen LogP contribution in [0.2, 0.25) is 0 Å². The smallest absolute Gasteiger partial charge is 0.273 e. The molecule has 158 valence electrons. The Kier molecular flexibility index (Phi) is 5.93. The molecule has 0 saturated heterocycles. The highest BCUT2D eigenvalue weighted by molar-refractivity contribution is 5.93. The monoisotopic (exact) mass is 415 g/mol. The number of rotatable bonds is 7. The van der Waals surface area contributed by atoms with Gasteiger partial charge in [-0.2, -0.15) is 0 Å². The maximum absolute atomic E-state index is 12.6. The molecule has 0 aliphatic rings. The molecule has 4 rings (SSSR count). The average molecular weight is 415 g/mol. The lowest BCUT2D eigenvalue weighted by Gasteiger charge is -2.09. The molecule has 0 bridgehead atoms. The van der Waals surface area contributed by atoms with Crippen molar-refractivity contribution in [1.82, 2.24) is 25.3 Å². The molecule has 0 aliphatic heterocycles. The van der Waals surface area contributed by atoms with Crippen LogP contribution in [0.3, 0.4) is 0 Å². The van der Waals surface area contributed by atoms with Gasteiger partial charge in [-0.15, -0.1) is 5.10 Å². The highest BCUT2D eigenvalue weighted by Crippen LogP contribution is 2.21. The molecule has 0 spiro atoms. The third-order valence-corrected chi connectivity index (χ3v) is 5.15. The second kappa shape index (κ2) is 8.95. The normalized spacial score (nSPS) is 11.1. The summed E-state index contributed by atoms with van der Waals surface area (Å²) in [6.07, 6.45) is 1.74. The van der Waals surface area contributed by atoms with E-state index < -0.39 is 0 Å². The standard InChI is InChI=1S/C24H25N5O2/c1-16(2)18-9-11-20(12-10-18)31-15-14-26-24(30)22-17(3)29(28-27-22)21-8-4-6-19-7-5-13-25-23(19)21/h4-13,16H,14-15H2,1-3H3,(H,26,30). The van der Waals surface area contributed by atoms with E-state index in [4.69, 9.17) is 4.74 Å².